The molecule has 4 heteroatoms. The predicted octanol–water partition coefficient (Wildman–Crippen LogP) is 6.32. The molecule has 1 unspecified atom stereocenters. The first-order valence-corrected chi connectivity index (χ1v) is 11.5. The number of hydrogen-bond acceptors (Lipinski definition) is 3. The van der Waals surface area contributed by atoms with Gasteiger partial charge in [-0.1, -0.05) is 66.2 Å². The minimum absolute atomic E-state index is 0.449. The Bertz CT molecular complexity index is 1340. The van der Waals surface area contributed by atoms with E-state index in [1.165, 1.54) is 10.9 Å². The van der Waals surface area contributed by atoms with Gasteiger partial charge >= 0.3 is 0 Å². The molecule has 0 aliphatic rings. The molecule has 154 valence electrons. The van der Waals surface area contributed by atoms with Crippen LogP contribution in [0.5, 0.6) is 0 Å². The van der Waals surface area contributed by atoms with Gasteiger partial charge in [-0.2, -0.15) is 0 Å². The zero-order valence-electron chi connectivity index (χ0n) is 17.4. The van der Waals surface area contributed by atoms with E-state index in [9.17, 15) is 5.11 Å². The van der Waals surface area contributed by atoms with Crippen LogP contribution in [0.15, 0.2) is 96.0 Å². The summed E-state index contributed by atoms with van der Waals surface area (Å²) in [6.45, 7) is 2.67. The zero-order valence-corrected chi connectivity index (χ0v) is 18.2. The summed E-state index contributed by atoms with van der Waals surface area (Å²) >= 11 is 1.69. The van der Waals surface area contributed by atoms with Gasteiger partial charge in [0.1, 0.15) is 0 Å². The molecule has 2 aromatic heterocycles. The fraction of sp³-hybridized carbons (Fsp3) is 0.148. The van der Waals surface area contributed by atoms with E-state index in [0.29, 0.717) is 12.3 Å². The molecule has 0 saturated carbocycles. The van der Waals surface area contributed by atoms with Crippen LogP contribution in [0.1, 0.15) is 5.56 Å². The number of aromatic nitrogens is 2. The molecule has 2 heterocycles. The molecule has 0 bridgehead atoms. The average molecular weight is 425 g/mol. The summed E-state index contributed by atoms with van der Waals surface area (Å²) in [4.78, 5) is 6.03. The lowest BCUT2D eigenvalue weighted by atomic mass is 10.1. The Morgan fingerprint density at radius 1 is 0.935 bits per heavy atom. The van der Waals surface area contributed by atoms with Crippen LogP contribution < -0.4 is 0 Å². The molecule has 31 heavy (non-hydrogen) atoms. The van der Waals surface area contributed by atoms with Gasteiger partial charge in [-0.25, -0.2) is 4.98 Å². The lowest BCUT2D eigenvalue weighted by Crippen LogP contribution is -2.17. The largest absolute Gasteiger partial charge is 0.390 e. The van der Waals surface area contributed by atoms with Crippen molar-refractivity contribution in [3.05, 3.63) is 96.7 Å². The molecule has 0 spiro atoms. The van der Waals surface area contributed by atoms with Crippen molar-refractivity contribution in [3.63, 3.8) is 0 Å². The highest BCUT2D eigenvalue weighted by Gasteiger charge is 2.12. The maximum Gasteiger partial charge on any atom is 0.0812 e. The number of hydrogen-bond donors (Lipinski definition) is 1. The third-order valence-electron chi connectivity index (χ3n) is 5.54. The summed E-state index contributed by atoms with van der Waals surface area (Å²) in [5, 5.41) is 13.1. The van der Waals surface area contributed by atoms with Crippen LogP contribution >= 0.6 is 11.8 Å². The standard InChI is InChI=1S/C27H24N2OS/c1-19-10-12-20(13-11-19)25-16-27(23-7-3-4-8-24(23)28-25)31-18-22(30)17-29-15-14-21-6-2-5-9-26(21)29/h2-16,22,30H,17-18H2,1H3. The number of para-hydroxylation sites is 2. The van der Waals surface area contributed by atoms with Crippen molar-refractivity contribution < 1.29 is 5.11 Å². The van der Waals surface area contributed by atoms with Crippen molar-refractivity contribution in [1.82, 2.24) is 9.55 Å². The number of aryl methyl sites for hydroxylation is 1. The second-order valence-electron chi connectivity index (χ2n) is 7.88. The first-order valence-electron chi connectivity index (χ1n) is 10.5. The van der Waals surface area contributed by atoms with Crippen molar-refractivity contribution >= 4 is 33.6 Å². The van der Waals surface area contributed by atoms with Crippen LogP contribution in [0, 0.1) is 6.92 Å². The van der Waals surface area contributed by atoms with Crippen LogP contribution in [0.4, 0.5) is 0 Å². The normalized spacial score (nSPS) is 12.5. The fourth-order valence-electron chi connectivity index (χ4n) is 3.90. The SMILES string of the molecule is Cc1ccc(-c2cc(SCC(O)Cn3ccc4ccccc43)c3ccccc3n2)cc1. The monoisotopic (exact) mass is 424 g/mol. The number of pyridine rings is 1. The topological polar surface area (TPSA) is 38.0 Å². The summed E-state index contributed by atoms with van der Waals surface area (Å²) in [5.41, 5.74) is 5.45. The minimum Gasteiger partial charge on any atom is -0.390 e. The van der Waals surface area contributed by atoms with Gasteiger partial charge in [0.05, 0.1) is 17.3 Å². The summed E-state index contributed by atoms with van der Waals surface area (Å²) in [7, 11) is 0. The highest BCUT2D eigenvalue weighted by Crippen LogP contribution is 2.32. The molecule has 0 fully saturated rings. The first kappa shape index (κ1) is 19.9. The second-order valence-corrected chi connectivity index (χ2v) is 8.94. The van der Waals surface area contributed by atoms with E-state index in [2.05, 4.69) is 78.4 Å². The second kappa shape index (κ2) is 8.58. The van der Waals surface area contributed by atoms with Gasteiger partial charge in [0.2, 0.25) is 0 Å². The van der Waals surface area contributed by atoms with Gasteiger partial charge in [-0.3, -0.25) is 0 Å². The highest BCUT2D eigenvalue weighted by molar-refractivity contribution is 7.99. The molecule has 0 radical (unpaired) electrons. The Morgan fingerprint density at radius 2 is 1.71 bits per heavy atom. The number of rotatable bonds is 6. The first-order chi connectivity index (χ1) is 15.2. The van der Waals surface area contributed by atoms with E-state index in [1.807, 2.05) is 24.3 Å². The average Bonchev–Trinajstić information content (AvgIpc) is 3.20. The van der Waals surface area contributed by atoms with Crippen molar-refractivity contribution in [3.8, 4) is 11.3 Å². The quantitative estimate of drug-likeness (QED) is 0.324. The van der Waals surface area contributed by atoms with Crippen LogP contribution in [-0.2, 0) is 6.54 Å². The van der Waals surface area contributed by atoms with Gasteiger partial charge in [0.25, 0.3) is 0 Å². The maximum absolute atomic E-state index is 10.8. The number of aliphatic hydroxyl groups is 1. The van der Waals surface area contributed by atoms with Gasteiger partial charge in [0, 0.05) is 39.9 Å². The number of benzene rings is 3. The molecule has 5 aromatic rings. The Labute approximate surface area is 186 Å². The number of thioether (sulfide) groups is 1. The molecular formula is C27H24N2OS. The Kier molecular flexibility index (Phi) is 5.49. The molecule has 0 amide bonds. The van der Waals surface area contributed by atoms with Crippen LogP contribution in [0.2, 0.25) is 0 Å². The maximum atomic E-state index is 10.8. The molecule has 0 saturated heterocycles. The number of fused-ring (bicyclic) bond motifs is 2. The van der Waals surface area contributed by atoms with Crippen LogP contribution in [0.3, 0.4) is 0 Å². The van der Waals surface area contributed by atoms with Crippen LogP contribution in [0.25, 0.3) is 33.1 Å². The summed E-state index contributed by atoms with van der Waals surface area (Å²) in [6.07, 6.45) is 1.60. The van der Waals surface area contributed by atoms with E-state index in [4.69, 9.17) is 4.98 Å². The highest BCUT2D eigenvalue weighted by atomic mass is 32.2. The van der Waals surface area contributed by atoms with Gasteiger partial charge in [-0.05, 0) is 36.6 Å². The van der Waals surface area contributed by atoms with Gasteiger partial charge < -0.3 is 9.67 Å². The lowest BCUT2D eigenvalue weighted by Gasteiger charge is -2.14. The van der Waals surface area contributed by atoms with E-state index in [0.717, 1.165) is 32.6 Å². The molecule has 5 rings (SSSR count). The summed E-state index contributed by atoms with van der Waals surface area (Å²) in [5.74, 6) is 0.619. The Hall–Kier alpha value is -3.08. The molecule has 1 atom stereocenters. The molecule has 0 aliphatic heterocycles. The summed E-state index contributed by atoms with van der Waals surface area (Å²) in [6, 6.07) is 29.2. The van der Waals surface area contributed by atoms with Gasteiger partial charge in [0.15, 0.2) is 0 Å². The smallest absolute Gasteiger partial charge is 0.0812 e. The lowest BCUT2D eigenvalue weighted by molar-refractivity contribution is 0.180. The predicted molar refractivity (Wildman–Crippen MR) is 131 cm³/mol. The van der Waals surface area contributed by atoms with Crippen LogP contribution in [-0.4, -0.2) is 26.5 Å². The van der Waals surface area contributed by atoms with Crippen molar-refractivity contribution in [1.29, 1.82) is 0 Å². The number of nitrogens with zero attached hydrogens (tertiary/aromatic N) is 2. The van der Waals surface area contributed by atoms with Gasteiger partial charge in [-0.15, -0.1) is 11.8 Å². The van der Waals surface area contributed by atoms with E-state index in [1.54, 1.807) is 11.8 Å². The fourth-order valence-corrected chi connectivity index (χ4v) is 4.90. The minimum atomic E-state index is -0.449. The third-order valence-corrected chi connectivity index (χ3v) is 6.74. The zero-order chi connectivity index (χ0) is 21.2. The molecule has 3 aromatic carbocycles. The van der Waals surface area contributed by atoms with E-state index < -0.39 is 6.10 Å². The Balaban J connectivity index is 1.39. The molecule has 0 aliphatic carbocycles. The number of aliphatic hydroxyl groups excluding tert-OH is 1. The van der Waals surface area contributed by atoms with E-state index in [-0.39, 0.29) is 0 Å². The molecule has 1 N–H and O–H groups in total. The third kappa shape index (κ3) is 4.22. The molecular weight excluding hydrogens is 400 g/mol. The van der Waals surface area contributed by atoms with Crippen molar-refractivity contribution in [2.45, 2.75) is 24.5 Å². The van der Waals surface area contributed by atoms with Crippen molar-refractivity contribution in [2.24, 2.45) is 0 Å². The summed E-state index contributed by atoms with van der Waals surface area (Å²) < 4.78 is 2.13. The van der Waals surface area contributed by atoms with Crippen molar-refractivity contribution in [2.75, 3.05) is 5.75 Å². The Morgan fingerprint density at radius 3 is 2.58 bits per heavy atom. The van der Waals surface area contributed by atoms with E-state index >= 15 is 0 Å². The molecule has 3 nitrogen and oxygen atoms in total.